The molecule has 2 heteroatoms. The van der Waals surface area contributed by atoms with Crippen molar-refractivity contribution in [1.29, 1.82) is 0 Å². The lowest BCUT2D eigenvalue weighted by atomic mass is 10.2. The Labute approximate surface area is 92.9 Å². The maximum Gasteiger partial charge on any atom is 0.0673 e. The molecule has 15 heavy (non-hydrogen) atoms. The molecule has 0 saturated heterocycles. The monoisotopic (exact) mass is 207 g/mol. The Hall–Kier alpha value is -0.860. The van der Waals surface area contributed by atoms with Gasteiger partial charge in [0.1, 0.15) is 0 Å². The van der Waals surface area contributed by atoms with E-state index in [4.69, 9.17) is 4.74 Å². The topological polar surface area (TPSA) is 12.5 Å². The van der Waals surface area contributed by atoms with Gasteiger partial charge in [0.2, 0.25) is 0 Å². The van der Waals surface area contributed by atoms with Crippen LogP contribution in [-0.4, -0.2) is 31.2 Å². The summed E-state index contributed by atoms with van der Waals surface area (Å²) in [6, 6.07) is 10.5. The predicted octanol–water partition coefficient (Wildman–Crippen LogP) is 2.54. The van der Waals surface area contributed by atoms with E-state index in [1.165, 1.54) is 5.56 Å². The molecule has 1 atom stereocenters. The second kappa shape index (κ2) is 6.59. The predicted molar refractivity (Wildman–Crippen MR) is 63.9 cm³/mol. The number of rotatable bonds is 6. The van der Waals surface area contributed by atoms with Crippen molar-refractivity contribution in [3.63, 3.8) is 0 Å². The Morgan fingerprint density at radius 3 is 2.53 bits per heavy atom. The molecular weight excluding hydrogens is 186 g/mol. The zero-order valence-electron chi connectivity index (χ0n) is 9.94. The van der Waals surface area contributed by atoms with Crippen molar-refractivity contribution in [3.05, 3.63) is 35.9 Å². The maximum atomic E-state index is 5.51. The normalized spacial score (nSPS) is 13.1. The van der Waals surface area contributed by atoms with Crippen molar-refractivity contribution in [3.8, 4) is 0 Å². The lowest BCUT2D eigenvalue weighted by molar-refractivity contribution is 0.0504. The summed E-state index contributed by atoms with van der Waals surface area (Å²) in [6.45, 7) is 6.90. The maximum absolute atomic E-state index is 5.51. The molecule has 84 valence electrons. The summed E-state index contributed by atoms with van der Waals surface area (Å²) in [5.41, 5.74) is 1.35. The van der Waals surface area contributed by atoms with Crippen LogP contribution >= 0.6 is 0 Å². The van der Waals surface area contributed by atoms with Crippen LogP contribution in [-0.2, 0) is 11.3 Å². The number of ether oxygens (including phenoxy) is 1. The minimum atomic E-state index is 0.309. The van der Waals surface area contributed by atoms with Crippen molar-refractivity contribution in [2.45, 2.75) is 26.5 Å². The van der Waals surface area contributed by atoms with Crippen LogP contribution in [0.3, 0.4) is 0 Å². The molecule has 0 amide bonds. The first kappa shape index (κ1) is 12.2. The van der Waals surface area contributed by atoms with Crippen molar-refractivity contribution in [2.75, 3.05) is 20.2 Å². The van der Waals surface area contributed by atoms with Crippen LogP contribution in [0.2, 0.25) is 0 Å². The van der Waals surface area contributed by atoms with Crippen LogP contribution in [0.1, 0.15) is 19.4 Å². The number of benzene rings is 1. The zero-order chi connectivity index (χ0) is 11.1. The second-order valence-corrected chi connectivity index (χ2v) is 3.95. The summed E-state index contributed by atoms with van der Waals surface area (Å²) < 4.78 is 5.51. The summed E-state index contributed by atoms with van der Waals surface area (Å²) in [6.07, 6.45) is 0.309. The highest BCUT2D eigenvalue weighted by Gasteiger charge is 2.05. The van der Waals surface area contributed by atoms with Crippen LogP contribution in [0.25, 0.3) is 0 Å². The lowest BCUT2D eigenvalue weighted by Gasteiger charge is -2.21. The van der Waals surface area contributed by atoms with Gasteiger partial charge in [0.15, 0.2) is 0 Å². The Morgan fingerprint density at radius 1 is 1.27 bits per heavy atom. The largest absolute Gasteiger partial charge is 0.377 e. The van der Waals surface area contributed by atoms with Gasteiger partial charge in [0.25, 0.3) is 0 Å². The van der Waals surface area contributed by atoms with E-state index in [0.717, 1.165) is 19.7 Å². The quantitative estimate of drug-likeness (QED) is 0.711. The van der Waals surface area contributed by atoms with Crippen LogP contribution in [0.5, 0.6) is 0 Å². The molecule has 0 saturated carbocycles. The molecule has 1 aromatic rings. The van der Waals surface area contributed by atoms with Gasteiger partial charge >= 0.3 is 0 Å². The molecule has 0 bridgehead atoms. The van der Waals surface area contributed by atoms with Gasteiger partial charge in [0.05, 0.1) is 6.10 Å². The molecule has 1 unspecified atom stereocenters. The first-order valence-corrected chi connectivity index (χ1v) is 5.56. The molecule has 2 nitrogen and oxygen atoms in total. The van der Waals surface area contributed by atoms with E-state index in [2.05, 4.69) is 43.1 Å². The highest BCUT2D eigenvalue weighted by Crippen LogP contribution is 2.03. The number of likely N-dealkylation sites (N-methyl/N-ethyl adjacent to an activating group) is 1. The summed E-state index contributed by atoms with van der Waals surface area (Å²) in [5.74, 6) is 0. The average molecular weight is 207 g/mol. The smallest absolute Gasteiger partial charge is 0.0673 e. The molecule has 0 radical (unpaired) electrons. The van der Waals surface area contributed by atoms with E-state index >= 15 is 0 Å². The van der Waals surface area contributed by atoms with Crippen LogP contribution in [0, 0.1) is 0 Å². The first-order chi connectivity index (χ1) is 7.22. The molecule has 0 aliphatic carbocycles. The van der Waals surface area contributed by atoms with Gasteiger partial charge < -0.3 is 4.74 Å². The minimum absolute atomic E-state index is 0.309. The third-order valence-electron chi connectivity index (χ3n) is 2.32. The molecule has 0 spiro atoms. The van der Waals surface area contributed by atoms with Gasteiger partial charge in [0, 0.05) is 19.7 Å². The van der Waals surface area contributed by atoms with Gasteiger partial charge in [-0.2, -0.15) is 0 Å². The van der Waals surface area contributed by atoms with Crippen LogP contribution in [0.4, 0.5) is 0 Å². The summed E-state index contributed by atoms with van der Waals surface area (Å²) >= 11 is 0. The van der Waals surface area contributed by atoms with Crippen molar-refractivity contribution >= 4 is 0 Å². The van der Waals surface area contributed by atoms with Gasteiger partial charge in [-0.1, -0.05) is 30.3 Å². The number of hydrogen-bond acceptors (Lipinski definition) is 2. The third-order valence-corrected chi connectivity index (χ3v) is 2.32. The van der Waals surface area contributed by atoms with Crippen LogP contribution < -0.4 is 0 Å². The van der Waals surface area contributed by atoms with Gasteiger partial charge in [-0.25, -0.2) is 0 Å². The van der Waals surface area contributed by atoms with Crippen LogP contribution in [0.15, 0.2) is 30.3 Å². The molecule has 0 heterocycles. The number of nitrogens with zero attached hydrogens (tertiary/aromatic N) is 1. The highest BCUT2D eigenvalue weighted by atomic mass is 16.5. The van der Waals surface area contributed by atoms with Gasteiger partial charge in [-0.3, -0.25) is 4.90 Å². The molecule has 1 rings (SSSR count). The lowest BCUT2D eigenvalue weighted by Crippen LogP contribution is -2.28. The van der Waals surface area contributed by atoms with Crippen molar-refractivity contribution in [2.24, 2.45) is 0 Å². The molecule has 0 aromatic heterocycles. The first-order valence-electron chi connectivity index (χ1n) is 5.56. The summed E-state index contributed by atoms with van der Waals surface area (Å²) in [4.78, 5) is 2.29. The van der Waals surface area contributed by atoms with Crippen molar-refractivity contribution in [1.82, 2.24) is 4.90 Å². The highest BCUT2D eigenvalue weighted by molar-refractivity contribution is 5.14. The molecule has 0 aliphatic heterocycles. The summed E-state index contributed by atoms with van der Waals surface area (Å²) in [5, 5.41) is 0. The molecule has 0 N–H and O–H groups in total. The zero-order valence-corrected chi connectivity index (χ0v) is 9.94. The average Bonchev–Trinajstić information content (AvgIpc) is 2.19. The van der Waals surface area contributed by atoms with Crippen molar-refractivity contribution < 1.29 is 4.74 Å². The second-order valence-electron chi connectivity index (χ2n) is 3.95. The van der Waals surface area contributed by atoms with E-state index in [9.17, 15) is 0 Å². The Bertz CT molecular complexity index is 260. The van der Waals surface area contributed by atoms with E-state index in [-0.39, 0.29) is 0 Å². The fraction of sp³-hybridized carbons (Fsp3) is 0.538. The fourth-order valence-corrected chi connectivity index (χ4v) is 1.74. The van der Waals surface area contributed by atoms with Gasteiger partial charge in [-0.15, -0.1) is 0 Å². The summed E-state index contributed by atoms with van der Waals surface area (Å²) in [7, 11) is 2.13. The Balaban J connectivity index is 2.33. The number of hydrogen-bond donors (Lipinski definition) is 0. The third kappa shape index (κ3) is 4.96. The Morgan fingerprint density at radius 2 is 1.93 bits per heavy atom. The minimum Gasteiger partial charge on any atom is -0.377 e. The Kier molecular flexibility index (Phi) is 5.37. The SMILES string of the molecule is CCOC(C)CN(C)Cc1ccccc1. The molecular formula is C13H21NO. The van der Waals surface area contributed by atoms with E-state index in [1.54, 1.807) is 0 Å². The molecule has 1 aromatic carbocycles. The van der Waals surface area contributed by atoms with E-state index < -0.39 is 0 Å². The van der Waals surface area contributed by atoms with E-state index in [1.807, 2.05) is 13.0 Å². The van der Waals surface area contributed by atoms with E-state index in [0.29, 0.717) is 6.10 Å². The van der Waals surface area contributed by atoms with Gasteiger partial charge in [-0.05, 0) is 26.5 Å². The molecule has 0 aliphatic rings. The fourth-order valence-electron chi connectivity index (χ4n) is 1.74. The molecule has 0 fully saturated rings. The standard InChI is InChI=1S/C13H21NO/c1-4-15-12(2)10-14(3)11-13-8-6-5-7-9-13/h5-9,12H,4,10-11H2,1-3H3.